The summed E-state index contributed by atoms with van der Waals surface area (Å²) in [6.45, 7) is 1.78. The van der Waals surface area contributed by atoms with Crippen molar-refractivity contribution in [3.8, 4) is 17.7 Å². The van der Waals surface area contributed by atoms with Crippen molar-refractivity contribution >= 4 is 0 Å². The summed E-state index contributed by atoms with van der Waals surface area (Å²) >= 11 is 0. The molecule has 4 heteroatoms. The number of pyridine rings is 1. The van der Waals surface area contributed by atoms with E-state index in [1.165, 1.54) is 0 Å². The minimum Gasteiger partial charge on any atom is -0.438 e. The lowest BCUT2D eigenvalue weighted by Gasteiger charge is -2.08. The van der Waals surface area contributed by atoms with Gasteiger partial charge < -0.3 is 9.84 Å². The first-order valence-electron chi connectivity index (χ1n) is 5.48. The maximum atomic E-state index is 9.07. The number of benzene rings is 1. The molecule has 1 N–H and O–H groups in total. The van der Waals surface area contributed by atoms with Gasteiger partial charge in [-0.1, -0.05) is 12.1 Å². The lowest BCUT2D eigenvalue weighted by atomic mass is 10.2. The molecule has 18 heavy (non-hydrogen) atoms. The van der Waals surface area contributed by atoms with Crippen LogP contribution in [-0.2, 0) is 6.61 Å². The van der Waals surface area contributed by atoms with Gasteiger partial charge in [0, 0.05) is 6.20 Å². The summed E-state index contributed by atoms with van der Waals surface area (Å²) in [7, 11) is 0. The van der Waals surface area contributed by atoms with Gasteiger partial charge in [-0.15, -0.1) is 0 Å². The van der Waals surface area contributed by atoms with Crippen molar-refractivity contribution in [3.63, 3.8) is 0 Å². The van der Waals surface area contributed by atoms with Gasteiger partial charge in [0.2, 0.25) is 5.88 Å². The van der Waals surface area contributed by atoms with E-state index in [0.717, 1.165) is 11.1 Å². The van der Waals surface area contributed by atoms with Gasteiger partial charge in [0.05, 0.1) is 6.61 Å². The van der Waals surface area contributed by atoms with E-state index in [1.807, 2.05) is 6.92 Å². The Labute approximate surface area is 105 Å². The van der Waals surface area contributed by atoms with Gasteiger partial charge in [0.1, 0.15) is 17.4 Å². The normalized spacial score (nSPS) is 9.83. The largest absolute Gasteiger partial charge is 0.438 e. The molecule has 1 aromatic carbocycles. The van der Waals surface area contributed by atoms with E-state index >= 15 is 0 Å². The molecule has 0 spiro atoms. The molecule has 90 valence electrons. The number of ether oxygens (including phenoxy) is 1. The van der Waals surface area contributed by atoms with Gasteiger partial charge in [-0.3, -0.25) is 0 Å². The summed E-state index contributed by atoms with van der Waals surface area (Å²) in [4.78, 5) is 4.05. The third-order valence-electron chi connectivity index (χ3n) is 2.53. The summed E-state index contributed by atoms with van der Waals surface area (Å²) in [5.74, 6) is 0.837. The van der Waals surface area contributed by atoms with E-state index in [2.05, 4.69) is 11.1 Å². The zero-order valence-corrected chi connectivity index (χ0v) is 9.92. The quantitative estimate of drug-likeness (QED) is 0.895. The lowest BCUT2D eigenvalue weighted by molar-refractivity contribution is 0.281. The van der Waals surface area contributed by atoms with E-state index in [1.54, 1.807) is 36.5 Å². The highest BCUT2D eigenvalue weighted by Crippen LogP contribution is 2.25. The van der Waals surface area contributed by atoms with E-state index in [0.29, 0.717) is 11.3 Å². The van der Waals surface area contributed by atoms with Crippen LogP contribution in [-0.4, -0.2) is 10.1 Å². The highest BCUT2D eigenvalue weighted by molar-refractivity contribution is 5.45. The highest BCUT2D eigenvalue weighted by atomic mass is 16.5. The van der Waals surface area contributed by atoms with Crippen LogP contribution in [0, 0.1) is 18.3 Å². The molecule has 0 bridgehead atoms. The van der Waals surface area contributed by atoms with Crippen LogP contribution < -0.4 is 4.74 Å². The topological polar surface area (TPSA) is 66.1 Å². The Hall–Kier alpha value is -2.38. The van der Waals surface area contributed by atoms with Crippen LogP contribution >= 0.6 is 0 Å². The second-order valence-electron chi connectivity index (χ2n) is 3.83. The number of aliphatic hydroxyl groups excluding tert-OH is 1. The van der Waals surface area contributed by atoms with Crippen molar-refractivity contribution in [2.45, 2.75) is 13.5 Å². The van der Waals surface area contributed by atoms with Crippen molar-refractivity contribution < 1.29 is 9.84 Å². The number of aryl methyl sites for hydroxylation is 1. The molecule has 0 aliphatic carbocycles. The predicted molar refractivity (Wildman–Crippen MR) is 66.1 cm³/mol. The highest BCUT2D eigenvalue weighted by Gasteiger charge is 2.08. The molecule has 0 amide bonds. The number of hydrogen-bond acceptors (Lipinski definition) is 4. The van der Waals surface area contributed by atoms with Crippen molar-refractivity contribution in [1.82, 2.24) is 4.98 Å². The van der Waals surface area contributed by atoms with Crippen molar-refractivity contribution in [1.29, 1.82) is 5.26 Å². The van der Waals surface area contributed by atoms with Crippen LogP contribution in [0.15, 0.2) is 36.5 Å². The molecule has 2 aromatic rings. The summed E-state index contributed by atoms with van der Waals surface area (Å²) in [5, 5.41) is 18.1. The Morgan fingerprint density at radius 1 is 1.39 bits per heavy atom. The fourth-order valence-electron chi connectivity index (χ4n) is 1.57. The molecule has 4 nitrogen and oxygen atoms in total. The molecule has 2 rings (SSSR count). The second-order valence-corrected chi connectivity index (χ2v) is 3.83. The average molecular weight is 240 g/mol. The number of nitriles is 1. The van der Waals surface area contributed by atoms with Crippen molar-refractivity contribution in [3.05, 3.63) is 53.2 Å². The molecule has 0 radical (unpaired) electrons. The van der Waals surface area contributed by atoms with Crippen LogP contribution in [0.1, 0.15) is 16.7 Å². The molecule has 0 fully saturated rings. The number of hydrogen-bond donors (Lipinski definition) is 1. The molecule has 0 atom stereocenters. The average Bonchev–Trinajstić information content (AvgIpc) is 2.39. The predicted octanol–water partition coefficient (Wildman–Crippen LogP) is 2.55. The zero-order chi connectivity index (χ0) is 13.0. The maximum absolute atomic E-state index is 9.07. The van der Waals surface area contributed by atoms with Crippen LogP contribution in [0.5, 0.6) is 11.6 Å². The molecule has 1 heterocycles. The van der Waals surface area contributed by atoms with Gasteiger partial charge in [0.15, 0.2) is 0 Å². The summed E-state index contributed by atoms with van der Waals surface area (Å²) < 4.78 is 5.58. The fourth-order valence-corrected chi connectivity index (χ4v) is 1.57. The number of rotatable bonds is 3. The Morgan fingerprint density at radius 3 is 2.94 bits per heavy atom. The van der Waals surface area contributed by atoms with Gasteiger partial charge >= 0.3 is 0 Å². The minimum atomic E-state index is -0.0520. The summed E-state index contributed by atoms with van der Waals surface area (Å²) in [6.07, 6.45) is 1.60. The molecule has 0 unspecified atom stereocenters. The summed E-state index contributed by atoms with van der Waals surface area (Å²) in [6, 6.07) is 10.9. The van der Waals surface area contributed by atoms with E-state index in [9.17, 15) is 0 Å². The first-order chi connectivity index (χ1) is 8.74. The number of aromatic nitrogens is 1. The maximum Gasteiger partial charge on any atom is 0.237 e. The third kappa shape index (κ3) is 2.47. The smallest absolute Gasteiger partial charge is 0.237 e. The monoisotopic (exact) mass is 240 g/mol. The molecule has 0 saturated heterocycles. The third-order valence-corrected chi connectivity index (χ3v) is 2.53. The van der Waals surface area contributed by atoms with Gasteiger partial charge in [-0.05, 0) is 36.2 Å². The Morgan fingerprint density at radius 2 is 2.22 bits per heavy atom. The van der Waals surface area contributed by atoms with Crippen LogP contribution in [0.2, 0.25) is 0 Å². The van der Waals surface area contributed by atoms with Gasteiger partial charge in [0.25, 0.3) is 0 Å². The van der Waals surface area contributed by atoms with Crippen LogP contribution in [0.4, 0.5) is 0 Å². The van der Waals surface area contributed by atoms with Crippen molar-refractivity contribution in [2.24, 2.45) is 0 Å². The van der Waals surface area contributed by atoms with E-state index in [4.69, 9.17) is 15.1 Å². The first-order valence-corrected chi connectivity index (χ1v) is 5.48. The Bertz CT molecular complexity index is 603. The SMILES string of the molecule is Cc1ccnc(Oc2cccc(CO)c2)c1C#N. The van der Waals surface area contributed by atoms with Crippen LogP contribution in [0.25, 0.3) is 0 Å². The van der Waals surface area contributed by atoms with E-state index < -0.39 is 0 Å². The second kappa shape index (κ2) is 5.30. The Balaban J connectivity index is 2.34. The number of aliphatic hydroxyl groups is 1. The Kier molecular flexibility index (Phi) is 3.56. The molecular formula is C14H12N2O2. The standard InChI is InChI=1S/C14H12N2O2/c1-10-5-6-16-14(13(10)8-15)18-12-4-2-3-11(7-12)9-17/h2-7,17H,9H2,1H3. The van der Waals surface area contributed by atoms with Gasteiger partial charge in [-0.2, -0.15) is 5.26 Å². The van der Waals surface area contributed by atoms with Gasteiger partial charge in [-0.25, -0.2) is 4.98 Å². The van der Waals surface area contributed by atoms with E-state index in [-0.39, 0.29) is 12.5 Å². The molecule has 0 saturated carbocycles. The van der Waals surface area contributed by atoms with Crippen molar-refractivity contribution in [2.75, 3.05) is 0 Å². The molecular weight excluding hydrogens is 228 g/mol. The molecule has 0 aliphatic heterocycles. The first kappa shape index (κ1) is 12.1. The van der Waals surface area contributed by atoms with Crippen LogP contribution in [0.3, 0.4) is 0 Å². The molecule has 0 aliphatic rings. The summed E-state index contributed by atoms with van der Waals surface area (Å²) in [5.41, 5.74) is 1.99. The number of nitrogens with zero attached hydrogens (tertiary/aromatic N) is 2. The zero-order valence-electron chi connectivity index (χ0n) is 9.92. The molecule has 1 aromatic heterocycles. The minimum absolute atomic E-state index is 0.0520. The lowest BCUT2D eigenvalue weighted by Crippen LogP contribution is -1.94. The fraction of sp³-hybridized carbons (Fsp3) is 0.143.